The molecule has 4 heteroatoms. The molecule has 0 amide bonds. The summed E-state index contributed by atoms with van der Waals surface area (Å²) in [6, 6.07) is 0.770. The van der Waals surface area contributed by atoms with E-state index in [2.05, 4.69) is 10.3 Å². The Balaban J connectivity index is 1.97. The molecule has 2 atom stereocenters. The summed E-state index contributed by atoms with van der Waals surface area (Å²) in [7, 11) is 0. The minimum atomic E-state index is -0.801. The summed E-state index contributed by atoms with van der Waals surface area (Å²) in [5, 5.41) is 11.8. The molecule has 1 aliphatic carbocycles. The largest absolute Gasteiger partial charge is 0.481 e. The van der Waals surface area contributed by atoms with E-state index in [0.717, 1.165) is 12.8 Å². The Labute approximate surface area is 77.0 Å². The lowest BCUT2D eigenvalue weighted by Crippen LogP contribution is -2.37. The highest BCUT2D eigenvalue weighted by Crippen LogP contribution is 2.24. The Bertz CT molecular complexity index is 250. The number of aliphatic carboxylic acids is 1. The molecule has 0 saturated heterocycles. The lowest BCUT2D eigenvalue weighted by atomic mass is 9.92. The second-order valence-corrected chi connectivity index (χ2v) is 3.75. The Kier molecular flexibility index (Phi) is 2.20. The second-order valence-electron chi connectivity index (χ2n) is 3.75. The SMILES string of the molecule is O=C(O)CC1=NC2CCCCC2N1. The van der Waals surface area contributed by atoms with Crippen LogP contribution in [0.1, 0.15) is 32.1 Å². The quantitative estimate of drug-likeness (QED) is 0.663. The number of hydrogen-bond donors (Lipinski definition) is 2. The van der Waals surface area contributed by atoms with Gasteiger partial charge in [0.05, 0.1) is 6.04 Å². The van der Waals surface area contributed by atoms with Gasteiger partial charge in [0, 0.05) is 6.04 Å². The van der Waals surface area contributed by atoms with Gasteiger partial charge in [-0.25, -0.2) is 0 Å². The zero-order valence-electron chi connectivity index (χ0n) is 7.49. The first kappa shape index (κ1) is 8.53. The molecule has 4 nitrogen and oxygen atoms in total. The topological polar surface area (TPSA) is 61.7 Å². The van der Waals surface area contributed by atoms with E-state index >= 15 is 0 Å². The summed E-state index contributed by atoms with van der Waals surface area (Å²) < 4.78 is 0. The fourth-order valence-electron chi connectivity index (χ4n) is 2.13. The van der Waals surface area contributed by atoms with Crippen LogP contribution in [0.3, 0.4) is 0 Å². The van der Waals surface area contributed by atoms with E-state index in [4.69, 9.17) is 5.11 Å². The summed E-state index contributed by atoms with van der Waals surface area (Å²) in [6.45, 7) is 0. The van der Waals surface area contributed by atoms with E-state index in [1.54, 1.807) is 0 Å². The van der Waals surface area contributed by atoms with Crippen LogP contribution in [0.15, 0.2) is 4.99 Å². The molecular formula is C9H14N2O2. The molecule has 0 aromatic heterocycles. The van der Waals surface area contributed by atoms with Gasteiger partial charge in [-0.3, -0.25) is 9.79 Å². The van der Waals surface area contributed by atoms with Crippen molar-refractivity contribution >= 4 is 11.8 Å². The number of rotatable bonds is 2. The van der Waals surface area contributed by atoms with E-state index in [0.29, 0.717) is 17.9 Å². The maximum absolute atomic E-state index is 10.4. The Morgan fingerprint density at radius 3 is 3.00 bits per heavy atom. The maximum atomic E-state index is 10.4. The first-order valence-electron chi connectivity index (χ1n) is 4.81. The van der Waals surface area contributed by atoms with Crippen molar-refractivity contribution in [1.82, 2.24) is 5.32 Å². The Morgan fingerprint density at radius 2 is 2.31 bits per heavy atom. The molecule has 0 aromatic rings. The van der Waals surface area contributed by atoms with Gasteiger partial charge >= 0.3 is 5.97 Å². The van der Waals surface area contributed by atoms with Crippen LogP contribution in [0.5, 0.6) is 0 Å². The van der Waals surface area contributed by atoms with Crippen molar-refractivity contribution in [3.63, 3.8) is 0 Å². The zero-order valence-corrected chi connectivity index (χ0v) is 7.49. The number of carboxylic acid groups (broad SMARTS) is 1. The summed E-state index contributed by atoms with van der Waals surface area (Å²) >= 11 is 0. The van der Waals surface area contributed by atoms with Gasteiger partial charge in [-0.1, -0.05) is 12.8 Å². The smallest absolute Gasteiger partial charge is 0.310 e. The molecule has 13 heavy (non-hydrogen) atoms. The fraction of sp³-hybridized carbons (Fsp3) is 0.778. The number of carboxylic acids is 1. The molecule has 1 aliphatic heterocycles. The highest BCUT2D eigenvalue weighted by Gasteiger charge is 2.30. The van der Waals surface area contributed by atoms with Gasteiger partial charge in [0.25, 0.3) is 0 Å². The lowest BCUT2D eigenvalue weighted by molar-refractivity contribution is -0.135. The average molecular weight is 182 g/mol. The van der Waals surface area contributed by atoms with Crippen LogP contribution in [0.4, 0.5) is 0 Å². The Hall–Kier alpha value is -1.06. The monoisotopic (exact) mass is 182 g/mol. The minimum Gasteiger partial charge on any atom is -0.481 e. The molecule has 1 saturated carbocycles. The van der Waals surface area contributed by atoms with Crippen LogP contribution < -0.4 is 5.32 Å². The molecule has 0 spiro atoms. The van der Waals surface area contributed by atoms with Gasteiger partial charge in [0.2, 0.25) is 0 Å². The second kappa shape index (κ2) is 3.36. The molecule has 0 radical (unpaired) electrons. The number of carbonyl (C=O) groups is 1. The number of nitrogens with one attached hydrogen (secondary N) is 1. The summed E-state index contributed by atoms with van der Waals surface area (Å²) in [4.78, 5) is 14.8. The van der Waals surface area contributed by atoms with Crippen molar-refractivity contribution < 1.29 is 9.90 Å². The minimum absolute atomic E-state index is 0.0486. The molecule has 2 unspecified atom stereocenters. The molecule has 1 fully saturated rings. The molecule has 2 N–H and O–H groups in total. The first-order valence-corrected chi connectivity index (χ1v) is 4.81. The van der Waals surface area contributed by atoms with Gasteiger partial charge < -0.3 is 10.4 Å². The molecular weight excluding hydrogens is 168 g/mol. The normalized spacial score (nSPS) is 31.8. The average Bonchev–Trinajstić information content (AvgIpc) is 2.44. The van der Waals surface area contributed by atoms with E-state index in [1.165, 1.54) is 12.8 Å². The van der Waals surface area contributed by atoms with Crippen LogP contribution >= 0.6 is 0 Å². The van der Waals surface area contributed by atoms with Crippen LogP contribution in [-0.4, -0.2) is 29.0 Å². The lowest BCUT2D eigenvalue weighted by Gasteiger charge is -2.23. The number of amidine groups is 1. The highest BCUT2D eigenvalue weighted by molar-refractivity contribution is 5.98. The van der Waals surface area contributed by atoms with Gasteiger partial charge in [-0.15, -0.1) is 0 Å². The maximum Gasteiger partial charge on any atom is 0.310 e. The van der Waals surface area contributed by atoms with E-state index < -0.39 is 5.97 Å². The van der Waals surface area contributed by atoms with E-state index in [-0.39, 0.29) is 6.42 Å². The summed E-state index contributed by atoms with van der Waals surface area (Å²) in [5.74, 6) is -0.130. The van der Waals surface area contributed by atoms with Crippen LogP contribution in [-0.2, 0) is 4.79 Å². The van der Waals surface area contributed by atoms with Crippen LogP contribution in [0.2, 0.25) is 0 Å². The molecule has 2 aliphatic rings. The van der Waals surface area contributed by atoms with Gasteiger partial charge in [-0.05, 0) is 12.8 Å². The van der Waals surface area contributed by atoms with Gasteiger partial charge in [0.15, 0.2) is 0 Å². The number of hydrogen-bond acceptors (Lipinski definition) is 3. The van der Waals surface area contributed by atoms with Gasteiger partial charge in [0.1, 0.15) is 12.3 Å². The highest BCUT2D eigenvalue weighted by atomic mass is 16.4. The number of aliphatic imine (C=N–C) groups is 1. The van der Waals surface area contributed by atoms with Crippen molar-refractivity contribution in [2.45, 2.75) is 44.2 Å². The van der Waals surface area contributed by atoms with E-state index in [9.17, 15) is 4.79 Å². The van der Waals surface area contributed by atoms with Crippen LogP contribution in [0.25, 0.3) is 0 Å². The molecule has 0 bridgehead atoms. The van der Waals surface area contributed by atoms with Crippen molar-refractivity contribution in [2.75, 3.05) is 0 Å². The number of fused-ring (bicyclic) bond motifs is 1. The van der Waals surface area contributed by atoms with Crippen molar-refractivity contribution in [1.29, 1.82) is 0 Å². The molecule has 72 valence electrons. The zero-order chi connectivity index (χ0) is 9.26. The fourth-order valence-corrected chi connectivity index (χ4v) is 2.13. The summed E-state index contributed by atoms with van der Waals surface area (Å²) in [5.41, 5.74) is 0. The first-order chi connectivity index (χ1) is 6.25. The third-order valence-corrected chi connectivity index (χ3v) is 2.72. The summed E-state index contributed by atoms with van der Waals surface area (Å²) in [6.07, 6.45) is 4.77. The van der Waals surface area contributed by atoms with Crippen molar-refractivity contribution in [3.8, 4) is 0 Å². The van der Waals surface area contributed by atoms with Crippen molar-refractivity contribution in [3.05, 3.63) is 0 Å². The Morgan fingerprint density at radius 1 is 1.54 bits per heavy atom. The van der Waals surface area contributed by atoms with Crippen LogP contribution in [0, 0.1) is 0 Å². The van der Waals surface area contributed by atoms with Gasteiger partial charge in [-0.2, -0.15) is 0 Å². The van der Waals surface area contributed by atoms with E-state index in [1.807, 2.05) is 0 Å². The number of nitrogens with zero attached hydrogens (tertiary/aromatic N) is 1. The molecule has 1 heterocycles. The third kappa shape index (κ3) is 1.82. The molecule has 0 aromatic carbocycles. The predicted octanol–water partition coefficient (Wildman–Crippen LogP) is 0.774. The van der Waals surface area contributed by atoms with Crippen molar-refractivity contribution in [2.24, 2.45) is 4.99 Å². The molecule has 2 rings (SSSR count). The predicted molar refractivity (Wildman–Crippen MR) is 48.9 cm³/mol. The third-order valence-electron chi connectivity index (χ3n) is 2.72. The standard InChI is InChI=1S/C9H14N2O2/c12-9(13)5-8-10-6-3-1-2-4-7(6)11-8/h6-7H,1-5H2,(H,10,11)(H,12,13).